The first kappa shape index (κ1) is 14.5. The Kier molecular flexibility index (Phi) is 5.64. The van der Waals surface area contributed by atoms with E-state index < -0.39 is 18.1 Å². The molecule has 0 saturated carbocycles. The molecular weight excluding hydrogens is 254 g/mol. The summed E-state index contributed by atoms with van der Waals surface area (Å²) in [5, 5.41) is 20.1. The number of nitrogens with zero attached hydrogens (tertiary/aromatic N) is 1. The summed E-state index contributed by atoms with van der Waals surface area (Å²) in [6, 6.07) is 2.86. The van der Waals surface area contributed by atoms with Gasteiger partial charge in [0.15, 0.2) is 0 Å². The number of carboxylic acid groups (broad SMARTS) is 2. The van der Waals surface area contributed by atoms with Gasteiger partial charge in [0.25, 0.3) is 0 Å². The van der Waals surface area contributed by atoms with E-state index in [-0.39, 0.29) is 6.54 Å². The zero-order valence-corrected chi connectivity index (χ0v) is 11.0. The van der Waals surface area contributed by atoms with Crippen LogP contribution in [-0.2, 0) is 11.2 Å². The minimum Gasteiger partial charge on any atom is -0.480 e. The Morgan fingerprint density at radius 3 is 2.61 bits per heavy atom. The molecule has 18 heavy (non-hydrogen) atoms. The molecule has 0 aliphatic rings. The van der Waals surface area contributed by atoms with Gasteiger partial charge in [-0.15, -0.1) is 11.3 Å². The fraction of sp³-hybridized carbons (Fsp3) is 0.500. The van der Waals surface area contributed by atoms with Crippen LogP contribution in [0.25, 0.3) is 0 Å². The molecule has 0 spiro atoms. The van der Waals surface area contributed by atoms with E-state index in [2.05, 4.69) is 0 Å². The monoisotopic (exact) mass is 271 g/mol. The Morgan fingerprint density at radius 2 is 2.17 bits per heavy atom. The van der Waals surface area contributed by atoms with Crippen LogP contribution in [0, 0.1) is 0 Å². The molecule has 0 fully saturated rings. The van der Waals surface area contributed by atoms with Crippen molar-refractivity contribution in [2.75, 3.05) is 6.54 Å². The summed E-state index contributed by atoms with van der Waals surface area (Å²) in [4.78, 5) is 24.3. The van der Waals surface area contributed by atoms with Crippen molar-refractivity contribution in [3.63, 3.8) is 0 Å². The predicted molar refractivity (Wildman–Crippen MR) is 69.1 cm³/mol. The number of carboxylic acids is 1. The minimum absolute atomic E-state index is 0.215. The molecule has 0 aromatic carbocycles. The zero-order valence-electron chi connectivity index (χ0n) is 10.2. The summed E-state index contributed by atoms with van der Waals surface area (Å²) < 4.78 is 0. The summed E-state index contributed by atoms with van der Waals surface area (Å²) in [6.45, 7) is 2.06. The van der Waals surface area contributed by atoms with E-state index in [1.54, 1.807) is 11.3 Å². The van der Waals surface area contributed by atoms with E-state index in [0.29, 0.717) is 19.3 Å². The molecular formula is C12H17NO4S. The Bertz CT molecular complexity index is 391. The Balaban J connectivity index is 2.68. The van der Waals surface area contributed by atoms with Crippen molar-refractivity contribution in [1.82, 2.24) is 4.90 Å². The van der Waals surface area contributed by atoms with Crippen LogP contribution < -0.4 is 0 Å². The molecule has 6 heteroatoms. The number of rotatable bonds is 7. The minimum atomic E-state index is -1.17. The van der Waals surface area contributed by atoms with Gasteiger partial charge in [0.1, 0.15) is 6.04 Å². The van der Waals surface area contributed by atoms with Crippen molar-refractivity contribution in [2.24, 2.45) is 0 Å². The smallest absolute Gasteiger partial charge is 0.408 e. The van der Waals surface area contributed by atoms with Crippen LogP contribution in [0.4, 0.5) is 4.79 Å². The van der Waals surface area contributed by atoms with Gasteiger partial charge in [-0.3, -0.25) is 4.90 Å². The van der Waals surface area contributed by atoms with Gasteiger partial charge in [0.05, 0.1) is 0 Å². The van der Waals surface area contributed by atoms with Gasteiger partial charge in [-0.25, -0.2) is 9.59 Å². The van der Waals surface area contributed by atoms with Crippen LogP contribution in [0.15, 0.2) is 17.5 Å². The maximum absolute atomic E-state index is 11.1. The third-order valence-corrected chi connectivity index (χ3v) is 3.58. The quantitative estimate of drug-likeness (QED) is 0.798. The number of aliphatic carboxylic acids is 1. The van der Waals surface area contributed by atoms with Crippen molar-refractivity contribution < 1.29 is 19.8 Å². The van der Waals surface area contributed by atoms with Crippen LogP contribution in [-0.4, -0.2) is 39.8 Å². The lowest BCUT2D eigenvalue weighted by atomic mass is 10.1. The van der Waals surface area contributed by atoms with Gasteiger partial charge in [-0.2, -0.15) is 0 Å². The van der Waals surface area contributed by atoms with Crippen LogP contribution >= 0.6 is 11.3 Å². The lowest BCUT2D eigenvalue weighted by Gasteiger charge is -2.25. The molecule has 1 rings (SSSR count). The molecule has 1 unspecified atom stereocenters. The molecule has 1 atom stereocenters. The topological polar surface area (TPSA) is 77.8 Å². The Morgan fingerprint density at radius 1 is 1.44 bits per heavy atom. The third-order valence-electron chi connectivity index (χ3n) is 2.65. The molecule has 1 amide bonds. The average Bonchev–Trinajstić information content (AvgIpc) is 2.80. The normalized spacial score (nSPS) is 12.1. The highest BCUT2D eigenvalue weighted by atomic mass is 32.1. The number of amides is 1. The first-order valence-electron chi connectivity index (χ1n) is 5.81. The predicted octanol–water partition coefficient (Wildman–Crippen LogP) is 2.52. The molecule has 0 bridgehead atoms. The Hall–Kier alpha value is -1.56. The largest absolute Gasteiger partial charge is 0.480 e. The van der Waals surface area contributed by atoms with E-state index in [0.717, 1.165) is 9.78 Å². The molecule has 1 aromatic rings. The van der Waals surface area contributed by atoms with Gasteiger partial charge in [0, 0.05) is 11.4 Å². The van der Waals surface area contributed by atoms with E-state index in [1.165, 1.54) is 0 Å². The maximum Gasteiger partial charge on any atom is 0.408 e. The van der Waals surface area contributed by atoms with Crippen LogP contribution in [0.1, 0.15) is 24.6 Å². The van der Waals surface area contributed by atoms with Crippen molar-refractivity contribution >= 4 is 23.4 Å². The average molecular weight is 271 g/mol. The highest BCUT2D eigenvalue weighted by Gasteiger charge is 2.28. The van der Waals surface area contributed by atoms with Crippen LogP contribution in [0.5, 0.6) is 0 Å². The molecule has 5 nitrogen and oxygen atoms in total. The SMILES string of the molecule is CCCC(C(=O)O)N(CCc1cccs1)C(=O)O. The van der Waals surface area contributed by atoms with Crippen LogP contribution in [0.3, 0.4) is 0 Å². The van der Waals surface area contributed by atoms with Gasteiger partial charge in [-0.1, -0.05) is 19.4 Å². The van der Waals surface area contributed by atoms with Gasteiger partial charge < -0.3 is 10.2 Å². The standard InChI is InChI=1S/C12H17NO4S/c1-2-4-10(11(14)15)13(12(16)17)7-6-9-5-3-8-18-9/h3,5,8,10H,2,4,6-7H2,1H3,(H,14,15)(H,16,17). The summed E-state index contributed by atoms with van der Waals surface area (Å²) in [5.41, 5.74) is 0. The van der Waals surface area contributed by atoms with Crippen LogP contribution in [0.2, 0.25) is 0 Å². The molecule has 100 valence electrons. The highest BCUT2D eigenvalue weighted by Crippen LogP contribution is 2.13. The van der Waals surface area contributed by atoms with E-state index in [4.69, 9.17) is 10.2 Å². The third kappa shape index (κ3) is 4.03. The molecule has 0 aliphatic carbocycles. The number of thiophene rings is 1. The molecule has 0 radical (unpaired) electrons. The molecule has 2 N–H and O–H groups in total. The van der Waals surface area contributed by atoms with Crippen molar-refractivity contribution in [1.29, 1.82) is 0 Å². The second-order valence-electron chi connectivity index (χ2n) is 3.95. The van der Waals surface area contributed by atoms with E-state index in [1.807, 2.05) is 24.4 Å². The van der Waals surface area contributed by atoms with Gasteiger partial charge in [0.2, 0.25) is 0 Å². The Labute approximate surface area is 110 Å². The fourth-order valence-corrected chi connectivity index (χ4v) is 2.45. The fourth-order valence-electron chi connectivity index (χ4n) is 1.76. The first-order valence-corrected chi connectivity index (χ1v) is 6.69. The van der Waals surface area contributed by atoms with Gasteiger partial charge in [-0.05, 0) is 24.3 Å². The zero-order chi connectivity index (χ0) is 13.5. The number of carbonyl (C=O) groups is 2. The maximum atomic E-state index is 11.1. The molecule has 1 aromatic heterocycles. The highest BCUT2D eigenvalue weighted by molar-refractivity contribution is 7.09. The lowest BCUT2D eigenvalue weighted by Crippen LogP contribution is -2.45. The lowest BCUT2D eigenvalue weighted by molar-refractivity contribution is -0.142. The first-order chi connectivity index (χ1) is 8.56. The summed E-state index contributed by atoms with van der Waals surface area (Å²) in [5.74, 6) is -1.08. The number of hydrogen-bond donors (Lipinski definition) is 2. The molecule has 0 saturated heterocycles. The second kappa shape index (κ2) is 7.00. The summed E-state index contributed by atoms with van der Waals surface area (Å²) in [7, 11) is 0. The molecule has 1 heterocycles. The van der Waals surface area contributed by atoms with Crippen molar-refractivity contribution in [3.8, 4) is 0 Å². The van der Waals surface area contributed by atoms with Crippen molar-refractivity contribution in [2.45, 2.75) is 32.2 Å². The van der Waals surface area contributed by atoms with Crippen molar-refractivity contribution in [3.05, 3.63) is 22.4 Å². The molecule has 0 aliphatic heterocycles. The van der Waals surface area contributed by atoms with Gasteiger partial charge >= 0.3 is 12.1 Å². The van der Waals surface area contributed by atoms with E-state index >= 15 is 0 Å². The van der Waals surface area contributed by atoms with E-state index in [9.17, 15) is 9.59 Å². The second-order valence-corrected chi connectivity index (χ2v) is 4.98. The number of hydrogen-bond acceptors (Lipinski definition) is 3. The summed E-state index contributed by atoms with van der Waals surface area (Å²) in [6.07, 6.45) is 0.357. The summed E-state index contributed by atoms with van der Waals surface area (Å²) >= 11 is 1.54.